The van der Waals surface area contributed by atoms with Crippen LogP contribution in [0.3, 0.4) is 0 Å². The molecule has 0 bridgehead atoms. The number of nitrogens with zero attached hydrogens (tertiary/aromatic N) is 3. The normalized spacial score (nSPS) is 14.4. The third kappa shape index (κ3) is 3.14. The lowest BCUT2D eigenvalue weighted by Gasteiger charge is -2.19. The van der Waals surface area contributed by atoms with Gasteiger partial charge >= 0.3 is 5.97 Å². The molecule has 1 aromatic heterocycles. The zero-order valence-corrected chi connectivity index (χ0v) is 16.2. The van der Waals surface area contributed by atoms with Crippen molar-refractivity contribution in [3.63, 3.8) is 0 Å². The number of carboxylic acids is 1. The molecule has 6 heteroatoms. The first-order valence-electron chi connectivity index (χ1n) is 8.94. The monoisotopic (exact) mass is 379 g/mol. The number of thioether (sulfide) groups is 1. The van der Waals surface area contributed by atoms with Gasteiger partial charge in [-0.2, -0.15) is 0 Å². The molecule has 0 saturated heterocycles. The summed E-state index contributed by atoms with van der Waals surface area (Å²) >= 11 is 1.19. The average Bonchev–Trinajstić information content (AvgIpc) is 3.42. The van der Waals surface area contributed by atoms with Crippen molar-refractivity contribution in [2.24, 2.45) is 0 Å². The molecule has 0 aliphatic heterocycles. The Morgan fingerprint density at radius 3 is 2.56 bits per heavy atom. The molecule has 1 fully saturated rings. The van der Waals surface area contributed by atoms with E-state index in [9.17, 15) is 9.90 Å². The number of carboxylic acid groups (broad SMARTS) is 1. The first-order valence-corrected chi connectivity index (χ1v) is 9.76. The SMILES string of the molecule is C=Cc1nnc(SC(C)(C)C(=O)O)n1-c1ccc(C2CC2)c2ccccc12. The van der Waals surface area contributed by atoms with Gasteiger partial charge in [-0.25, -0.2) is 0 Å². The second kappa shape index (κ2) is 6.53. The summed E-state index contributed by atoms with van der Waals surface area (Å²) in [6, 6.07) is 12.6. The number of benzene rings is 2. The topological polar surface area (TPSA) is 68.0 Å². The van der Waals surface area contributed by atoms with E-state index in [0.717, 1.165) is 11.1 Å². The number of aromatic nitrogens is 3. The van der Waals surface area contributed by atoms with Gasteiger partial charge in [-0.15, -0.1) is 10.2 Å². The van der Waals surface area contributed by atoms with Crippen molar-refractivity contribution in [1.29, 1.82) is 0 Å². The van der Waals surface area contributed by atoms with E-state index in [4.69, 9.17) is 0 Å². The van der Waals surface area contributed by atoms with Gasteiger partial charge in [0.25, 0.3) is 0 Å². The van der Waals surface area contributed by atoms with E-state index in [1.54, 1.807) is 19.9 Å². The molecule has 1 aliphatic rings. The second-order valence-electron chi connectivity index (χ2n) is 7.29. The van der Waals surface area contributed by atoms with Gasteiger partial charge in [-0.3, -0.25) is 9.36 Å². The van der Waals surface area contributed by atoms with Crippen LogP contribution < -0.4 is 0 Å². The number of hydrogen-bond acceptors (Lipinski definition) is 4. The van der Waals surface area contributed by atoms with Gasteiger partial charge in [0.15, 0.2) is 11.0 Å². The molecule has 5 nitrogen and oxygen atoms in total. The minimum atomic E-state index is -1.02. The lowest BCUT2D eigenvalue weighted by molar-refractivity contribution is -0.138. The summed E-state index contributed by atoms with van der Waals surface area (Å²) in [7, 11) is 0. The van der Waals surface area contributed by atoms with Crippen molar-refractivity contribution in [3.05, 3.63) is 54.4 Å². The quantitative estimate of drug-likeness (QED) is 0.617. The van der Waals surface area contributed by atoms with Crippen LogP contribution in [-0.4, -0.2) is 30.6 Å². The maximum atomic E-state index is 11.6. The van der Waals surface area contributed by atoms with E-state index in [0.29, 0.717) is 16.9 Å². The number of carbonyl (C=O) groups is 1. The summed E-state index contributed by atoms with van der Waals surface area (Å²) in [5.41, 5.74) is 2.32. The zero-order chi connectivity index (χ0) is 19.2. The van der Waals surface area contributed by atoms with E-state index in [-0.39, 0.29) is 0 Å². The van der Waals surface area contributed by atoms with Crippen molar-refractivity contribution in [1.82, 2.24) is 14.8 Å². The molecule has 2 aromatic carbocycles. The Kier molecular flexibility index (Phi) is 4.30. The molecule has 1 saturated carbocycles. The summed E-state index contributed by atoms with van der Waals surface area (Å²) in [4.78, 5) is 11.6. The largest absolute Gasteiger partial charge is 0.480 e. The maximum absolute atomic E-state index is 11.6. The predicted molar refractivity (Wildman–Crippen MR) is 109 cm³/mol. The van der Waals surface area contributed by atoms with Crippen LogP contribution in [0.15, 0.2) is 48.1 Å². The van der Waals surface area contributed by atoms with Gasteiger partial charge in [0.1, 0.15) is 4.75 Å². The smallest absolute Gasteiger partial charge is 0.319 e. The van der Waals surface area contributed by atoms with Crippen LogP contribution in [0.25, 0.3) is 22.5 Å². The molecule has 0 unspecified atom stereocenters. The third-order valence-corrected chi connectivity index (χ3v) is 6.03. The Balaban J connectivity index is 1.91. The number of aliphatic carboxylic acids is 1. The van der Waals surface area contributed by atoms with E-state index >= 15 is 0 Å². The summed E-state index contributed by atoms with van der Waals surface area (Å²) in [6.45, 7) is 7.18. The van der Waals surface area contributed by atoms with E-state index in [2.05, 4.69) is 47.1 Å². The molecular formula is C21H21N3O2S. The lowest BCUT2D eigenvalue weighted by atomic mass is 9.99. The minimum Gasteiger partial charge on any atom is -0.480 e. The van der Waals surface area contributed by atoms with Crippen molar-refractivity contribution in [2.45, 2.75) is 42.5 Å². The number of fused-ring (bicyclic) bond motifs is 1. The highest BCUT2D eigenvalue weighted by atomic mass is 32.2. The molecule has 138 valence electrons. The highest BCUT2D eigenvalue weighted by Crippen LogP contribution is 2.44. The van der Waals surface area contributed by atoms with Crippen molar-refractivity contribution in [3.8, 4) is 5.69 Å². The molecule has 1 N–H and O–H groups in total. The second-order valence-corrected chi connectivity index (χ2v) is 8.88. The maximum Gasteiger partial charge on any atom is 0.319 e. The average molecular weight is 379 g/mol. The molecular weight excluding hydrogens is 358 g/mol. The Hall–Kier alpha value is -2.60. The summed E-state index contributed by atoms with van der Waals surface area (Å²) in [5.74, 6) is 0.350. The highest BCUT2D eigenvalue weighted by molar-refractivity contribution is 8.01. The van der Waals surface area contributed by atoms with Gasteiger partial charge in [0, 0.05) is 5.39 Å². The van der Waals surface area contributed by atoms with Crippen molar-refractivity contribution >= 4 is 34.6 Å². The molecule has 1 aliphatic carbocycles. The molecule has 0 spiro atoms. The van der Waals surface area contributed by atoms with E-state index in [1.165, 1.54) is 35.6 Å². The number of hydrogen-bond donors (Lipinski definition) is 1. The summed E-state index contributed by atoms with van der Waals surface area (Å²) in [6.07, 6.45) is 4.12. The molecule has 1 heterocycles. The third-order valence-electron chi connectivity index (χ3n) is 4.90. The van der Waals surface area contributed by atoms with Gasteiger partial charge in [0.05, 0.1) is 5.69 Å². The number of rotatable bonds is 6. The zero-order valence-electron chi connectivity index (χ0n) is 15.3. The molecule has 3 aromatic rings. The van der Waals surface area contributed by atoms with Gasteiger partial charge in [-0.1, -0.05) is 48.7 Å². The van der Waals surface area contributed by atoms with Gasteiger partial charge in [0.2, 0.25) is 0 Å². The Morgan fingerprint density at radius 1 is 1.22 bits per heavy atom. The predicted octanol–water partition coefficient (Wildman–Crippen LogP) is 4.90. The Labute approximate surface area is 162 Å². The first kappa shape index (κ1) is 17.8. The molecule has 0 amide bonds. The fraction of sp³-hybridized carbons (Fsp3) is 0.286. The van der Waals surface area contributed by atoms with Crippen LogP contribution in [-0.2, 0) is 4.79 Å². The van der Waals surface area contributed by atoms with Crippen LogP contribution in [0.2, 0.25) is 0 Å². The standard InChI is InChI=1S/C21H21N3O2S/c1-4-18-22-23-20(27-21(2,3)19(25)26)24(18)17-12-11-14(13-9-10-13)15-7-5-6-8-16(15)17/h4-8,11-13H,1,9-10H2,2-3H3,(H,25,26). The van der Waals surface area contributed by atoms with Crippen LogP contribution >= 0.6 is 11.8 Å². The van der Waals surface area contributed by atoms with Crippen LogP contribution in [0.4, 0.5) is 0 Å². The van der Waals surface area contributed by atoms with Crippen molar-refractivity contribution in [2.75, 3.05) is 0 Å². The van der Waals surface area contributed by atoms with Crippen LogP contribution in [0, 0.1) is 0 Å². The molecule has 4 rings (SSSR count). The fourth-order valence-corrected chi connectivity index (χ4v) is 4.14. The van der Waals surface area contributed by atoms with Gasteiger partial charge in [-0.05, 0) is 55.7 Å². The summed E-state index contributed by atoms with van der Waals surface area (Å²) in [5, 5.41) is 20.9. The van der Waals surface area contributed by atoms with Gasteiger partial charge < -0.3 is 5.11 Å². The van der Waals surface area contributed by atoms with Crippen LogP contribution in [0.5, 0.6) is 0 Å². The fourth-order valence-electron chi connectivity index (χ4n) is 3.23. The summed E-state index contributed by atoms with van der Waals surface area (Å²) < 4.78 is 0.883. The van der Waals surface area contributed by atoms with Crippen molar-refractivity contribution < 1.29 is 9.90 Å². The molecule has 27 heavy (non-hydrogen) atoms. The lowest BCUT2D eigenvalue weighted by Crippen LogP contribution is -2.27. The molecule has 0 atom stereocenters. The minimum absolute atomic E-state index is 0.543. The van der Waals surface area contributed by atoms with Crippen LogP contribution in [0.1, 0.15) is 44.0 Å². The van der Waals surface area contributed by atoms with E-state index < -0.39 is 10.7 Å². The van der Waals surface area contributed by atoms with E-state index in [1.807, 2.05) is 10.6 Å². The molecule has 0 radical (unpaired) electrons. The Morgan fingerprint density at radius 2 is 1.93 bits per heavy atom. The first-order chi connectivity index (χ1) is 12.9. The Bertz CT molecular complexity index is 1050. The highest BCUT2D eigenvalue weighted by Gasteiger charge is 2.32.